The molecular weight excluding hydrogens is 248 g/mol. The molecule has 3 nitrogen and oxygen atoms in total. The van der Waals surface area contributed by atoms with Crippen LogP contribution in [0.2, 0.25) is 0 Å². The lowest BCUT2D eigenvalue weighted by Crippen LogP contribution is -2.34. The Bertz CT molecular complexity index is 437. The Kier molecular flexibility index (Phi) is 5.18. The molecule has 1 aliphatic rings. The molecular formula is C17H26N2O. The maximum Gasteiger partial charge on any atom is 0.223 e. The molecule has 20 heavy (non-hydrogen) atoms. The van der Waals surface area contributed by atoms with Gasteiger partial charge in [-0.25, -0.2) is 0 Å². The molecule has 1 fully saturated rings. The molecule has 1 unspecified atom stereocenters. The van der Waals surface area contributed by atoms with Gasteiger partial charge in [-0.3, -0.25) is 4.79 Å². The van der Waals surface area contributed by atoms with Crippen molar-refractivity contribution in [2.45, 2.75) is 52.1 Å². The summed E-state index contributed by atoms with van der Waals surface area (Å²) in [7, 11) is 0. The van der Waals surface area contributed by atoms with Crippen molar-refractivity contribution in [2.24, 2.45) is 11.7 Å². The number of aryl methyl sites for hydroxylation is 1. The molecule has 0 aromatic heterocycles. The zero-order valence-corrected chi connectivity index (χ0v) is 12.6. The van der Waals surface area contributed by atoms with E-state index in [2.05, 4.69) is 31.2 Å². The molecule has 1 amide bonds. The summed E-state index contributed by atoms with van der Waals surface area (Å²) in [5, 5.41) is 0. The van der Waals surface area contributed by atoms with Crippen molar-refractivity contribution in [1.29, 1.82) is 0 Å². The topological polar surface area (TPSA) is 46.3 Å². The Morgan fingerprint density at radius 3 is 2.40 bits per heavy atom. The highest BCUT2D eigenvalue weighted by Crippen LogP contribution is 2.29. The van der Waals surface area contributed by atoms with Crippen LogP contribution in [0.5, 0.6) is 0 Å². The summed E-state index contributed by atoms with van der Waals surface area (Å²) in [4.78, 5) is 14.4. The van der Waals surface area contributed by atoms with E-state index < -0.39 is 0 Å². The van der Waals surface area contributed by atoms with Gasteiger partial charge in [0.05, 0.1) is 0 Å². The molecule has 3 heteroatoms. The Morgan fingerprint density at radius 2 is 1.90 bits per heavy atom. The number of hydrogen-bond acceptors (Lipinski definition) is 2. The lowest BCUT2D eigenvalue weighted by Gasteiger charge is -2.24. The number of nitrogens with two attached hydrogens (primary N) is 1. The number of nitrogens with zero attached hydrogens (tertiary/aromatic N) is 1. The zero-order chi connectivity index (χ0) is 14.5. The zero-order valence-electron chi connectivity index (χ0n) is 12.6. The first-order chi connectivity index (χ1) is 9.63. The van der Waals surface area contributed by atoms with Crippen molar-refractivity contribution < 1.29 is 4.79 Å². The average Bonchev–Trinajstić information content (AvgIpc) is 3.29. The van der Waals surface area contributed by atoms with E-state index in [1.54, 1.807) is 0 Å². The van der Waals surface area contributed by atoms with Gasteiger partial charge in [0.15, 0.2) is 0 Å². The van der Waals surface area contributed by atoms with Crippen LogP contribution in [0.3, 0.4) is 0 Å². The predicted octanol–water partition coefficient (Wildman–Crippen LogP) is 2.72. The predicted molar refractivity (Wildman–Crippen MR) is 82.2 cm³/mol. The number of amides is 1. The lowest BCUT2D eigenvalue weighted by molar-refractivity contribution is -0.133. The minimum Gasteiger partial charge on any atom is -0.335 e. The number of carbonyl (C=O) groups excluding carboxylic acids is 1. The third kappa shape index (κ3) is 4.07. The molecule has 0 radical (unpaired) electrons. The fourth-order valence-corrected chi connectivity index (χ4v) is 2.38. The summed E-state index contributed by atoms with van der Waals surface area (Å²) < 4.78 is 0. The van der Waals surface area contributed by atoms with Crippen LogP contribution in [0.4, 0.5) is 0 Å². The molecule has 0 heterocycles. The molecule has 1 aromatic rings. The highest BCUT2D eigenvalue weighted by atomic mass is 16.2. The van der Waals surface area contributed by atoms with Gasteiger partial charge in [0.1, 0.15) is 0 Å². The SMILES string of the molecule is CCc1ccc(CN(C(=O)CC(C)CN)C2CC2)cc1. The summed E-state index contributed by atoms with van der Waals surface area (Å²) in [5.41, 5.74) is 8.19. The minimum absolute atomic E-state index is 0.255. The lowest BCUT2D eigenvalue weighted by atomic mass is 10.1. The second-order valence-corrected chi connectivity index (χ2v) is 5.97. The van der Waals surface area contributed by atoms with E-state index in [1.807, 2.05) is 11.8 Å². The van der Waals surface area contributed by atoms with Crippen molar-refractivity contribution in [2.75, 3.05) is 6.54 Å². The maximum atomic E-state index is 12.4. The first-order valence-electron chi connectivity index (χ1n) is 7.71. The fraction of sp³-hybridized carbons (Fsp3) is 0.588. The molecule has 1 aliphatic carbocycles. The maximum absolute atomic E-state index is 12.4. The van der Waals surface area contributed by atoms with Gasteiger partial charge in [0, 0.05) is 19.0 Å². The van der Waals surface area contributed by atoms with E-state index in [1.165, 1.54) is 11.1 Å². The quantitative estimate of drug-likeness (QED) is 0.831. The van der Waals surface area contributed by atoms with E-state index in [4.69, 9.17) is 5.73 Å². The third-order valence-corrected chi connectivity index (χ3v) is 4.02. The number of hydrogen-bond donors (Lipinski definition) is 1. The molecule has 1 saturated carbocycles. The van der Waals surface area contributed by atoms with Crippen LogP contribution in [-0.4, -0.2) is 23.4 Å². The van der Waals surface area contributed by atoms with Crippen LogP contribution in [0.25, 0.3) is 0 Å². The second kappa shape index (κ2) is 6.89. The summed E-state index contributed by atoms with van der Waals surface area (Å²) in [6.45, 7) is 5.52. The van der Waals surface area contributed by atoms with Gasteiger partial charge in [0.2, 0.25) is 5.91 Å². The van der Waals surface area contributed by atoms with Gasteiger partial charge in [-0.15, -0.1) is 0 Å². The molecule has 1 atom stereocenters. The third-order valence-electron chi connectivity index (χ3n) is 4.02. The number of carbonyl (C=O) groups is 1. The highest BCUT2D eigenvalue weighted by Gasteiger charge is 2.32. The monoisotopic (exact) mass is 274 g/mol. The van der Waals surface area contributed by atoms with Crippen LogP contribution in [0, 0.1) is 5.92 Å². The summed E-state index contributed by atoms with van der Waals surface area (Å²) in [6, 6.07) is 9.07. The van der Waals surface area contributed by atoms with Crippen molar-refractivity contribution in [1.82, 2.24) is 4.90 Å². The standard InChI is InChI=1S/C17H26N2O/c1-3-14-4-6-15(7-5-14)12-19(16-8-9-16)17(20)10-13(2)11-18/h4-7,13,16H,3,8-12,18H2,1-2H3. The Morgan fingerprint density at radius 1 is 1.30 bits per heavy atom. The fourth-order valence-electron chi connectivity index (χ4n) is 2.38. The molecule has 0 aliphatic heterocycles. The van der Waals surface area contributed by atoms with Crippen molar-refractivity contribution in [3.63, 3.8) is 0 Å². The summed E-state index contributed by atoms with van der Waals surface area (Å²) in [5.74, 6) is 0.524. The van der Waals surface area contributed by atoms with Crippen LogP contribution in [0.15, 0.2) is 24.3 Å². The van der Waals surface area contributed by atoms with E-state index in [9.17, 15) is 4.79 Å². The van der Waals surface area contributed by atoms with Crippen LogP contribution < -0.4 is 5.73 Å². The Labute approximate surface area is 122 Å². The van der Waals surface area contributed by atoms with Gasteiger partial charge < -0.3 is 10.6 Å². The molecule has 1 aromatic carbocycles. The molecule has 2 rings (SSSR count). The van der Waals surface area contributed by atoms with E-state index >= 15 is 0 Å². The Hall–Kier alpha value is -1.35. The van der Waals surface area contributed by atoms with Crippen molar-refractivity contribution in [3.8, 4) is 0 Å². The summed E-state index contributed by atoms with van der Waals surface area (Å²) >= 11 is 0. The van der Waals surface area contributed by atoms with Crippen LogP contribution in [0.1, 0.15) is 44.2 Å². The van der Waals surface area contributed by atoms with Gasteiger partial charge in [-0.1, -0.05) is 38.1 Å². The smallest absolute Gasteiger partial charge is 0.223 e. The molecule has 2 N–H and O–H groups in total. The van der Waals surface area contributed by atoms with Crippen LogP contribution in [-0.2, 0) is 17.8 Å². The Balaban J connectivity index is 1.99. The van der Waals surface area contributed by atoms with Crippen molar-refractivity contribution in [3.05, 3.63) is 35.4 Å². The van der Waals surface area contributed by atoms with Gasteiger partial charge in [-0.2, -0.15) is 0 Å². The first kappa shape index (κ1) is 15.0. The van der Waals surface area contributed by atoms with Crippen LogP contribution >= 0.6 is 0 Å². The number of rotatable bonds is 7. The van der Waals surface area contributed by atoms with E-state index in [0.29, 0.717) is 19.0 Å². The van der Waals surface area contributed by atoms with Crippen molar-refractivity contribution >= 4 is 5.91 Å². The molecule has 110 valence electrons. The average molecular weight is 274 g/mol. The highest BCUT2D eigenvalue weighted by molar-refractivity contribution is 5.77. The number of benzene rings is 1. The van der Waals surface area contributed by atoms with E-state index in [0.717, 1.165) is 25.8 Å². The van der Waals surface area contributed by atoms with Gasteiger partial charge >= 0.3 is 0 Å². The van der Waals surface area contributed by atoms with E-state index in [-0.39, 0.29) is 11.8 Å². The van der Waals surface area contributed by atoms with Gasteiger partial charge in [-0.05, 0) is 42.9 Å². The molecule has 0 spiro atoms. The second-order valence-electron chi connectivity index (χ2n) is 5.97. The minimum atomic E-state index is 0.255. The normalized spacial score (nSPS) is 15.9. The molecule has 0 bridgehead atoms. The first-order valence-corrected chi connectivity index (χ1v) is 7.71. The largest absolute Gasteiger partial charge is 0.335 e. The molecule has 0 saturated heterocycles. The summed E-state index contributed by atoms with van der Waals surface area (Å²) in [6.07, 6.45) is 3.92. The van der Waals surface area contributed by atoms with Gasteiger partial charge in [0.25, 0.3) is 0 Å².